The number of carboxylic acids is 1. The lowest BCUT2D eigenvalue weighted by molar-refractivity contribution is -0.141. The van der Waals surface area contributed by atoms with Crippen LogP contribution >= 0.6 is 0 Å². The van der Waals surface area contributed by atoms with Crippen molar-refractivity contribution in [1.82, 2.24) is 9.88 Å². The maximum absolute atomic E-state index is 12.5. The maximum Gasteiger partial charge on any atom is 0.326 e. The van der Waals surface area contributed by atoms with Gasteiger partial charge in [0.05, 0.1) is 17.8 Å². The molecule has 0 spiro atoms. The predicted molar refractivity (Wildman–Crippen MR) is 88.2 cm³/mol. The van der Waals surface area contributed by atoms with Crippen LogP contribution in [0.3, 0.4) is 0 Å². The molecule has 3 rings (SSSR count). The molecule has 24 heavy (non-hydrogen) atoms. The molecule has 2 saturated heterocycles. The Labute approximate surface area is 141 Å². The molecule has 0 saturated carbocycles. The van der Waals surface area contributed by atoms with Crippen molar-refractivity contribution in [3.63, 3.8) is 0 Å². The number of amides is 1. The zero-order chi connectivity index (χ0) is 17.3. The van der Waals surface area contributed by atoms with Crippen molar-refractivity contribution in [2.75, 3.05) is 24.5 Å². The molecule has 2 unspecified atom stereocenters. The summed E-state index contributed by atoms with van der Waals surface area (Å²) >= 11 is 0. The standard InChI is InChI=1S/C17H23N3O4/c1-11-9-19(10-12(2)24-11)15-6-5-13(8-18-15)16(21)20-7-3-4-14(20)17(22)23/h5-6,8,11-12,14H,3-4,7,9-10H2,1-2H3,(H,22,23)/t11?,12?,14-/m1/s1. The number of carbonyl (C=O) groups excluding carboxylic acids is 1. The van der Waals surface area contributed by atoms with Gasteiger partial charge in [0.15, 0.2) is 0 Å². The summed E-state index contributed by atoms with van der Waals surface area (Å²) in [6.07, 6.45) is 3.05. The third-order valence-corrected chi connectivity index (χ3v) is 4.54. The number of rotatable bonds is 3. The molecule has 2 aliphatic heterocycles. The quantitative estimate of drug-likeness (QED) is 0.900. The van der Waals surface area contributed by atoms with Crippen LogP contribution in [0.1, 0.15) is 37.0 Å². The number of aromatic nitrogens is 1. The predicted octanol–water partition coefficient (Wildman–Crippen LogP) is 1.38. The minimum absolute atomic E-state index is 0.137. The largest absolute Gasteiger partial charge is 0.480 e. The molecule has 2 fully saturated rings. The molecular formula is C17H23N3O4. The number of hydrogen-bond donors (Lipinski definition) is 1. The molecular weight excluding hydrogens is 310 g/mol. The second kappa shape index (κ2) is 6.76. The highest BCUT2D eigenvalue weighted by molar-refractivity contribution is 5.96. The highest BCUT2D eigenvalue weighted by Crippen LogP contribution is 2.22. The van der Waals surface area contributed by atoms with E-state index in [4.69, 9.17) is 4.74 Å². The molecule has 1 aromatic rings. The van der Waals surface area contributed by atoms with E-state index in [9.17, 15) is 14.7 Å². The van der Waals surface area contributed by atoms with Crippen molar-refractivity contribution >= 4 is 17.7 Å². The van der Waals surface area contributed by atoms with Gasteiger partial charge in [-0.05, 0) is 38.8 Å². The van der Waals surface area contributed by atoms with Gasteiger partial charge >= 0.3 is 5.97 Å². The first kappa shape index (κ1) is 16.7. The number of nitrogens with zero attached hydrogens (tertiary/aromatic N) is 3. The Morgan fingerprint density at radius 2 is 1.96 bits per heavy atom. The second-order valence-electron chi connectivity index (χ2n) is 6.56. The topological polar surface area (TPSA) is 83.0 Å². The fourth-order valence-electron chi connectivity index (χ4n) is 3.50. The van der Waals surface area contributed by atoms with Crippen molar-refractivity contribution < 1.29 is 19.4 Å². The molecule has 0 aliphatic carbocycles. The number of carboxylic acid groups (broad SMARTS) is 1. The van der Waals surface area contributed by atoms with Crippen LogP contribution in [0.25, 0.3) is 0 Å². The normalized spacial score (nSPS) is 27.3. The number of ether oxygens (including phenoxy) is 1. The van der Waals surface area contributed by atoms with Gasteiger partial charge in [0.25, 0.3) is 5.91 Å². The van der Waals surface area contributed by atoms with E-state index in [0.29, 0.717) is 18.5 Å². The van der Waals surface area contributed by atoms with Gasteiger partial charge in [0, 0.05) is 25.8 Å². The Bertz CT molecular complexity index is 609. The lowest BCUT2D eigenvalue weighted by Crippen LogP contribution is -2.45. The van der Waals surface area contributed by atoms with Crippen LogP contribution in [0.5, 0.6) is 0 Å². The van der Waals surface area contributed by atoms with Crippen molar-refractivity contribution in [3.8, 4) is 0 Å². The molecule has 2 aliphatic rings. The summed E-state index contributed by atoms with van der Waals surface area (Å²) in [5.74, 6) is -0.394. The van der Waals surface area contributed by atoms with Crippen molar-refractivity contribution in [1.29, 1.82) is 0 Å². The number of morpholine rings is 1. The van der Waals surface area contributed by atoms with Gasteiger partial charge in [0.2, 0.25) is 0 Å². The molecule has 1 amide bonds. The van der Waals surface area contributed by atoms with E-state index >= 15 is 0 Å². The van der Waals surface area contributed by atoms with Gasteiger partial charge in [0.1, 0.15) is 11.9 Å². The lowest BCUT2D eigenvalue weighted by atomic mass is 10.2. The summed E-state index contributed by atoms with van der Waals surface area (Å²) in [5.41, 5.74) is 0.432. The number of likely N-dealkylation sites (tertiary alicyclic amines) is 1. The van der Waals surface area contributed by atoms with E-state index in [1.807, 2.05) is 19.9 Å². The molecule has 130 valence electrons. The van der Waals surface area contributed by atoms with Gasteiger partial charge in [-0.25, -0.2) is 9.78 Å². The van der Waals surface area contributed by atoms with E-state index in [-0.39, 0.29) is 18.1 Å². The Kier molecular flexibility index (Phi) is 4.71. The van der Waals surface area contributed by atoms with Crippen LogP contribution in [0.2, 0.25) is 0 Å². The van der Waals surface area contributed by atoms with E-state index in [1.165, 1.54) is 4.90 Å². The average Bonchev–Trinajstić information content (AvgIpc) is 3.03. The van der Waals surface area contributed by atoms with Gasteiger partial charge in [-0.15, -0.1) is 0 Å². The minimum Gasteiger partial charge on any atom is -0.480 e. The minimum atomic E-state index is -0.943. The SMILES string of the molecule is CC1CN(c2ccc(C(=O)N3CCC[C@@H]3C(=O)O)cn2)CC(C)O1. The third-order valence-electron chi connectivity index (χ3n) is 4.54. The molecule has 0 bridgehead atoms. The molecule has 7 nitrogen and oxygen atoms in total. The Morgan fingerprint density at radius 1 is 1.25 bits per heavy atom. The second-order valence-corrected chi connectivity index (χ2v) is 6.56. The first-order chi connectivity index (χ1) is 11.5. The molecule has 7 heteroatoms. The van der Waals surface area contributed by atoms with Gasteiger partial charge in [-0.1, -0.05) is 0 Å². The monoisotopic (exact) mass is 333 g/mol. The number of hydrogen-bond acceptors (Lipinski definition) is 5. The molecule has 3 heterocycles. The Hall–Kier alpha value is -2.15. The van der Waals surface area contributed by atoms with Gasteiger partial charge in [-0.3, -0.25) is 4.79 Å². The zero-order valence-corrected chi connectivity index (χ0v) is 14.0. The zero-order valence-electron chi connectivity index (χ0n) is 14.0. The van der Waals surface area contributed by atoms with Crippen LogP contribution in [0.15, 0.2) is 18.3 Å². The number of aliphatic carboxylic acids is 1. The Morgan fingerprint density at radius 3 is 2.54 bits per heavy atom. The summed E-state index contributed by atoms with van der Waals surface area (Å²) in [6.45, 7) is 6.06. The summed E-state index contributed by atoms with van der Waals surface area (Å²) in [5, 5.41) is 9.22. The smallest absolute Gasteiger partial charge is 0.326 e. The number of anilines is 1. The molecule has 3 atom stereocenters. The average molecular weight is 333 g/mol. The third kappa shape index (κ3) is 3.36. The van der Waals surface area contributed by atoms with Gasteiger partial charge < -0.3 is 19.6 Å². The van der Waals surface area contributed by atoms with Crippen LogP contribution in [-0.2, 0) is 9.53 Å². The van der Waals surface area contributed by atoms with Crippen molar-refractivity contribution in [3.05, 3.63) is 23.9 Å². The van der Waals surface area contributed by atoms with E-state index in [0.717, 1.165) is 25.3 Å². The van der Waals surface area contributed by atoms with Crippen LogP contribution in [0, 0.1) is 0 Å². The van der Waals surface area contributed by atoms with Crippen LogP contribution in [-0.4, -0.2) is 64.8 Å². The maximum atomic E-state index is 12.5. The summed E-state index contributed by atoms with van der Waals surface area (Å²) in [7, 11) is 0. The highest BCUT2D eigenvalue weighted by Gasteiger charge is 2.34. The number of carbonyl (C=O) groups is 2. The molecule has 0 radical (unpaired) electrons. The van der Waals surface area contributed by atoms with Crippen molar-refractivity contribution in [2.45, 2.75) is 44.9 Å². The summed E-state index contributed by atoms with van der Waals surface area (Å²) in [6, 6.07) is 2.83. The molecule has 1 N–H and O–H groups in total. The van der Waals surface area contributed by atoms with Crippen LogP contribution in [0.4, 0.5) is 5.82 Å². The first-order valence-electron chi connectivity index (χ1n) is 8.36. The fraction of sp³-hybridized carbons (Fsp3) is 0.588. The highest BCUT2D eigenvalue weighted by atomic mass is 16.5. The summed E-state index contributed by atoms with van der Waals surface area (Å²) < 4.78 is 5.72. The van der Waals surface area contributed by atoms with E-state index in [1.54, 1.807) is 12.3 Å². The Balaban J connectivity index is 1.72. The van der Waals surface area contributed by atoms with E-state index < -0.39 is 12.0 Å². The lowest BCUT2D eigenvalue weighted by Gasteiger charge is -2.36. The fourth-order valence-corrected chi connectivity index (χ4v) is 3.50. The van der Waals surface area contributed by atoms with E-state index in [2.05, 4.69) is 9.88 Å². The van der Waals surface area contributed by atoms with Crippen molar-refractivity contribution in [2.24, 2.45) is 0 Å². The molecule has 1 aromatic heterocycles. The van der Waals surface area contributed by atoms with Crippen LogP contribution < -0.4 is 4.90 Å². The van der Waals surface area contributed by atoms with Gasteiger partial charge in [-0.2, -0.15) is 0 Å². The first-order valence-corrected chi connectivity index (χ1v) is 8.36. The number of pyridine rings is 1. The molecule has 0 aromatic carbocycles. The summed E-state index contributed by atoms with van der Waals surface area (Å²) in [4.78, 5) is 31.8.